The highest BCUT2D eigenvalue weighted by atomic mass is 14.8. The maximum atomic E-state index is 5.80. The summed E-state index contributed by atoms with van der Waals surface area (Å²) in [5.74, 6) is 0. The minimum atomic E-state index is 0.658. The second-order valence-electron chi connectivity index (χ2n) is 3.11. The molecule has 0 atom stereocenters. The van der Waals surface area contributed by atoms with Crippen LogP contribution in [0.4, 0.5) is 5.69 Å². The monoisotopic (exact) mass is 185 g/mol. The molecular weight excluding hydrogens is 174 g/mol. The standard InChI is InChI=1S/C11H11N3/c1-8-4-2-6-10(14-8)11-9(12)5-3-7-13-11/h2-7H,12H2,1H3. The van der Waals surface area contributed by atoms with Crippen LogP contribution in [0.1, 0.15) is 5.69 Å². The fraction of sp³-hybridized carbons (Fsp3) is 0.0909. The fourth-order valence-corrected chi connectivity index (χ4v) is 1.31. The van der Waals surface area contributed by atoms with Crippen LogP contribution in [0.15, 0.2) is 36.5 Å². The Bertz CT molecular complexity index is 452. The quantitative estimate of drug-likeness (QED) is 0.739. The van der Waals surface area contributed by atoms with Gasteiger partial charge in [0.05, 0.1) is 11.4 Å². The van der Waals surface area contributed by atoms with Gasteiger partial charge in [-0.3, -0.25) is 9.97 Å². The van der Waals surface area contributed by atoms with E-state index in [0.717, 1.165) is 17.1 Å². The second kappa shape index (κ2) is 3.46. The van der Waals surface area contributed by atoms with Crippen molar-refractivity contribution >= 4 is 5.69 Å². The Balaban J connectivity index is 2.55. The molecule has 0 spiro atoms. The van der Waals surface area contributed by atoms with Gasteiger partial charge in [-0.15, -0.1) is 0 Å². The molecule has 0 aliphatic rings. The van der Waals surface area contributed by atoms with Crippen LogP contribution in [0.25, 0.3) is 11.4 Å². The van der Waals surface area contributed by atoms with Crippen LogP contribution in [-0.4, -0.2) is 9.97 Å². The van der Waals surface area contributed by atoms with Crippen molar-refractivity contribution in [3.05, 3.63) is 42.2 Å². The van der Waals surface area contributed by atoms with Crippen LogP contribution in [0.2, 0.25) is 0 Å². The molecule has 3 nitrogen and oxygen atoms in total. The summed E-state index contributed by atoms with van der Waals surface area (Å²) in [5, 5.41) is 0. The molecule has 70 valence electrons. The molecule has 0 saturated heterocycles. The minimum absolute atomic E-state index is 0.658. The number of aryl methyl sites for hydroxylation is 1. The number of hydrogen-bond donors (Lipinski definition) is 1. The number of nitrogens with two attached hydrogens (primary N) is 1. The van der Waals surface area contributed by atoms with E-state index in [1.165, 1.54) is 0 Å². The molecule has 0 amide bonds. The molecule has 0 bridgehead atoms. The summed E-state index contributed by atoms with van der Waals surface area (Å²) >= 11 is 0. The van der Waals surface area contributed by atoms with Crippen molar-refractivity contribution in [2.75, 3.05) is 5.73 Å². The molecule has 0 unspecified atom stereocenters. The van der Waals surface area contributed by atoms with Crippen molar-refractivity contribution in [2.24, 2.45) is 0 Å². The highest BCUT2D eigenvalue weighted by Gasteiger charge is 2.03. The van der Waals surface area contributed by atoms with Gasteiger partial charge in [-0.1, -0.05) is 6.07 Å². The molecule has 0 radical (unpaired) electrons. The molecule has 2 N–H and O–H groups in total. The minimum Gasteiger partial charge on any atom is -0.397 e. The molecule has 2 rings (SSSR count). The number of hydrogen-bond acceptors (Lipinski definition) is 3. The van der Waals surface area contributed by atoms with E-state index < -0.39 is 0 Å². The summed E-state index contributed by atoms with van der Waals surface area (Å²) in [5.41, 5.74) is 8.99. The van der Waals surface area contributed by atoms with Crippen molar-refractivity contribution in [1.29, 1.82) is 0 Å². The van der Waals surface area contributed by atoms with Crippen molar-refractivity contribution in [3.63, 3.8) is 0 Å². The number of pyridine rings is 2. The van der Waals surface area contributed by atoms with Gasteiger partial charge in [-0.05, 0) is 31.2 Å². The van der Waals surface area contributed by atoms with Gasteiger partial charge in [0.2, 0.25) is 0 Å². The number of aromatic nitrogens is 2. The third-order valence-corrected chi connectivity index (χ3v) is 1.97. The first kappa shape index (κ1) is 8.69. The lowest BCUT2D eigenvalue weighted by molar-refractivity contribution is 1.18. The van der Waals surface area contributed by atoms with E-state index in [4.69, 9.17) is 5.73 Å². The molecule has 0 aliphatic heterocycles. The van der Waals surface area contributed by atoms with Gasteiger partial charge >= 0.3 is 0 Å². The smallest absolute Gasteiger partial charge is 0.111 e. The van der Waals surface area contributed by atoms with Gasteiger partial charge in [0.1, 0.15) is 5.69 Å². The van der Waals surface area contributed by atoms with Crippen LogP contribution in [-0.2, 0) is 0 Å². The molecule has 2 heterocycles. The third kappa shape index (κ3) is 1.57. The van der Waals surface area contributed by atoms with Crippen molar-refractivity contribution in [3.8, 4) is 11.4 Å². The average Bonchev–Trinajstić information content (AvgIpc) is 2.18. The predicted molar refractivity (Wildman–Crippen MR) is 56.6 cm³/mol. The number of nitrogens with zero attached hydrogens (tertiary/aromatic N) is 2. The van der Waals surface area contributed by atoms with Gasteiger partial charge in [0.15, 0.2) is 0 Å². The lowest BCUT2D eigenvalue weighted by Gasteiger charge is -2.03. The Morgan fingerprint density at radius 3 is 2.71 bits per heavy atom. The summed E-state index contributed by atoms with van der Waals surface area (Å²) in [6, 6.07) is 9.45. The molecule has 14 heavy (non-hydrogen) atoms. The van der Waals surface area contributed by atoms with E-state index in [1.807, 2.05) is 37.3 Å². The van der Waals surface area contributed by atoms with Gasteiger partial charge in [-0.25, -0.2) is 0 Å². The Kier molecular flexibility index (Phi) is 2.14. The van der Waals surface area contributed by atoms with Crippen LogP contribution >= 0.6 is 0 Å². The molecule has 3 heteroatoms. The zero-order chi connectivity index (χ0) is 9.97. The first-order valence-corrected chi connectivity index (χ1v) is 4.42. The summed E-state index contributed by atoms with van der Waals surface area (Å²) < 4.78 is 0. The van der Waals surface area contributed by atoms with E-state index >= 15 is 0 Å². The van der Waals surface area contributed by atoms with Crippen LogP contribution in [0.3, 0.4) is 0 Å². The fourth-order valence-electron chi connectivity index (χ4n) is 1.31. The Hall–Kier alpha value is -1.90. The average molecular weight is 185 g/mol. The maximum Gasteiger partial charge on any atom is 0.111 e. The van der Waals surface area contributed by atoms with Gasteiger partial charge in [0, 0.05) is 11.9 Å². The second-order valence-corrected chi connectivity index (χ2v) is 3.11. The van der Waals surface area contributed by atoms with Crippen LogP contribution in [0, 0.1) is 6.92 Å². The summed E-state index contributed by atoms with van der Waals surface area (Å²) in [6.07, 6.45) is 1.72. The Morgan fingerprint density at radius 2 is 2.00 bits per heavy atom. The first-order chi connectivity index (χ1) is 6.77. The number of anilines is 1. The van der Waals surface area contributed by atoms with E-state index in [-0.39, 0.29) is 0 Å². The van der Waals surface area contributed by atoms with Crippen molar-refractivity contribution in [1.82, 2.24) is 9.97 Å². The van der Waals surface area contributed by atoms with E-state index in [0.29, 0.717) is 5.69 Å². The summed E-state index contributed by atoms with van der Waals surface area (Å²) in [6.45, 7) is 1.95. The molecule has 0 aromatic carbocycles. The first-order valence-electron chi connectivity index (χ1n) is 4.42. The highest BCUT2D eigenvalue weighted by molar-refractivity contribution is 5.69. The highest BCUT2D eigenvalue weighted by Crippen LogP contribution is 2.20. The van der Waals surface area contributed by atoms with Gasteiger partial charge < -0.3 is 5.73 Å². The molecule has 0 fully saturated rings. The lowest BCUT2D eigenvalue weighted by atomic mass is 10.2. The van der Waals surface area contributed by atoms with Crippen LogP contribution in [0.5, 0.6) is 0 Å². The summed E-state index contributed by atoms with van der Waals surface area (Å²) in [7, 11) is 0. The predicted octanol–water partition coefficient (Wildman–Crippen LogP) is 2.03. The topological polar surface area (TPSA) is 51.8 Å². The SMILES string of the molecule is Cc1cccc(-c2ncccc2N)n1. The molecule has 2 aromatic heterocycles. The van der Waals surface area contributed by atoms with Crippen LogP contribution < -0.4 is 5.73 Å². The third-order valence-electron chi connectivity index (χ3n) is 1.97. The summed E-state index contributed by atoms with van der Waals surface area (Å²) in [4.78, 5) is 8.56. The lowest BCUT2D eigenvalue weighted by Crippen LogP contribution is -1.95. The van der Waals surface area contributed by atoms with E-state index in [1.54, 1.807) is 6.20 Å². The van der Waals surface area contributed by atoms with E-state index in [2.05, 4.69) is 9.97 Å². The molecule has 0 saturated carbocycles. The maximum absolute atomic E-state index is 5.80. The number of rotatable bonds is 1. The van der Waals surface area contributed by atoms with Gasteiger partial charge in [-0.2, -0.15) is 0 Å². The molecule has 0 aliphatic carbocycles. The Morgan fingerprint density at radius 1 is 1.14 bits per heavy atom. The van der Waals surface area contributed by atoms with Gasteiger partial charge in [0.25, 0.3) is 0 Å². The molecular formula is C11H11N3. The van der Waals surface area contributed by atoms with E-state index in [9.17, 15) is 0 Å². The Labute approximate surface area is 82.6 Å². The van der Waals surface area contributed by atoms with Crippen molar-refractivity contribution < 1.29 is 0 Å². The zero-order valence-corrected chi connectivity index (χ0v) is 7.94. The largest absolute Gasteiger partial charge is 0.397 e. The normalized spacial score (nSPS) is 10.1. The molecule has 2 aromatic rings. The number of nitrogen functional groups attached to an aromatic ring is 1. The van der Waals surface area contributed by atoms with Crippen molar-refractivity contribution in [2.45, 2.75) is 6.92 Å². The zero-order valence-electron chi connectivity index (χ0n) is 7.94.